The predicted molar refractivity (Wildman–Crippen MR) is 63.6 cm³/mol. The molecule has 1 rings (SSSR count). The first-order chi connectivity index (χ1) is 8.61. The molecule has 1 aromatic heterocycles. The molecule has 1 atom stereocenters. The SMILES string of the molecule is CCNC(CCOCC(F)F)Cc1cn(C)nn1. The average Bonchev–Trinajstić information content (AvgIpc) is 2.70. The van der Waals surface area contributed by atoms with Crippen molar-refractivity contribution in [3.63, 3.8) is 0 Å². The fraction of sp³-hybridized carbons (Fsp3) is 0.818. The quantitative estimate of drug-likeness (QED) is 0.675. The Kier molecular flexibility index (Phi) is 6.74. The number of alkyl halides is 2. The fourth-order valence-electron chi connectivity index (χ4n) is 1.70. The topological polar surface area (TPSA) is 52.0 Å². The van der Waals surface area contributed by atoms with E-state index >= 15 is 0 Å². The molecule has 0 amide bonds. The number of likely N-dealkylation sites (N-methyl/N-ethyl adjacent to an activating group) is 1. The van der Waals surface area contributed by atoms with Gasteiger partial charge in [-0.25, -0.2) is 8.78 Å². The molecule has 0 spiro atoms. The summed E-state index contributed by atoms with van der Waals surface area (Å²) in [5.41, 5.74) is 0.886. The minimum absolute atomic E-state index is 0.171. The van der Waals surface area contributed by atoms with E-state index in [1.807, 2.05) is 20.2 Å². The van der Waals surface area contributed by atoms with E-state index in [9.17, 15) is 8.78 Å². The fourth-order valence-corrected chi connectivity index (χ4v) is 1.70. The summed E-state index contributed by atoms with van der Waals surface area (Å²) >= 11 is 0. The lowest BCUT2D eigenvalue weighted by molar-refractivity contribution is 0.0144. The van der Waals surface area contributed by atoms with Crippen LogP contribution in [0.2, 0.25) is 0 Å². The van der Waals surface area contributed by atoms with Crippen molar-refractivity contribution in [2.45, 2.75) is 32.2 Å². The van der Waals surface area contributed by atoms with Gasteiger partial charge in [0.1, 0.15) is 6.61 Å². The van der Waals surface area contributed by atoms with Crippen molar-refractivity contribution in [1.29, 1.82) is 0 Å². The Balaban J connectivity index is 2.30. The Bertz CT molecular complexity index is 333. The highest BCUT2D eigenvalue weighted by Crippen LogP contribution is 2.03. The molecule has 7 heteroatoms. The van der Waals surface area contributed by atoms with Crippen LogP contribution in [0.3, 0.4) is 0 Å². The first-order valence-electron chi connectivity index (χ1n) is 6.06. The summed E-state index contributed by atoms with van der Waals surface area (Å²) in [7, 11) is 1.81. The van der Waals surface area contributed by atoms with E-state index in [-0.39, 0.29) is 6.04 Å². The summed E-state index contributed by atoms with van der Waals surface area (Å²) in [6.07, 6.45) is 0.851. The minimum atomic E-state index is -2.40. The molecule has 0 fully saturated rings. The van der Waals surface area contributed by atoms with Gasteiger partial charge in [0.25, 0.3) is 6.43 Å². The first-order valence-corrected chi connectivity index (χ1v) is 6.06. The zero-order valence-corrected chi connectivity index (χ0v) is 10.8. The molecule has 18 heavy (non-hydrogen) atoms. The maximum Gasteiger partial charge on any atom is 0.261 e. The van der Waals surface area contributed by atoms with E-state index in [2.05, 4.69) is 15.6 Å². The van der Waals surface area contributed by atoms with Gasteiger partial charge in [0.15, 0.2) is 0 Å². The number of nitrogens with one attached hydrogen (secondary N) is 1. The van der Waals surface area contributed by atoms with Crippen LogP contribution >= 0.6 is 0 Å². The highest BCUT2D eigenvalue weighted by atomic mass is 19.3. The third-order valence-corrected chi connectivity index (χ3v) is 2.45. The van der Waals surface area contributed by atoms with Crippen molar-refractivity contribution in [1.82, 2.24) is 20.3 Å². The Labute approximate surface area is 106 Å². The maximum absolute atomic E-state index is 11.9. The van der Waals surface area contributed by atoms with E-state index in [4.69, 9.17) is 4.74 Å². The summed E-state index contributed by atoms with van der Waals surface area (Å²) in [5, 5.41) is 11.1. The molecule has 0 aliphatic heterocycles. The third-order valence-electron chi connectivity index (χ3n) is 2.45. The van der Waals surface area contributed by atoms with Crippen molar-refractivity contribution < 1.29 is 13.5 Å². The Morgan fingerprint density at radius 1 is 1.50 bits per heavy atom. The number of ether oxygens (including phenoxy) is 1. The van der Waals surface area contributed by atoms with Crippen LogP contribution in [0, 0.1) is 0 Å². The number of nitrogens with zero attached hydrogens (tertiary/aromatic N) is 3. The summed E-state index contributed by atoms with van der Waals surface area (Å²) in [5.74, 6) is 0. The van der Waals surface area contributed by atoms with Crippen LogP contribution in [-0.2, 0) is 18.2 Å². The lowest BCUT2D eigenvalue weighted by Gasteiger charge is -2.16. The summed E-state index contributed by atoms with van der Waals surface area (Å²) in [6, 6.07) is 0.171. The number of hydrogen-bond donors (Lipinski definition) is 1. The number of rotatable bonds is 9. The Morgan fingerprint density at radius 2 is 2.28 bits per heavy atom. The van der Waals surface area contributed by atoms with Crippen LogP contribution in [-0.4, -0.2) is 47.2 Å². The van der Waals surface area contributed by atoms with Crippen LogP contribution in [0.25, 0.3) is 0 Å². The van der Waals surface area contributed by atoms with Crippen molar-refractivity contribution in [3.05, 3.63) is 11.9 Å². The molecule has 1 aromatic rings. The summed E-state index contributed by atoms with van der Waals surface area (Å²) < 4.78 is 30.3. The summed E-state index contributed by atoms with van der Waals surface area (Å²) in [4.78, 5) is 0. The smallest absolute Gasteiger partial charge is 0.261 e. The molecule has 0 bridgehead atoms. The molecule has 1 unspecified atom stereocenters. The largest absolute Gasteiger partial charge is 0.375 e. The number of aryl methyl sites for hydroxylation is 1. The average molecular weight is 262 g/mol. The van der Waals surface area contributed by atoms with Gasteiger partial charge in [0.2, 0.25) is 0 Å². The van der Waals surface area contributed by atoms with Crippen molar-refractivity contribution in [2.24, 2.45) is 7.05 Å². The molecular formula is C11H20F2N4O. The molecular weight excluding hydrogens is 242 g/mol. The zero-order chi connectivity index (χ0) is 13.4. The Morgan fingerprint density at radius 3 is 2.83 bits per heavy atom. The van der Waals surface area contributed by atoms with Crippen LogP contribution in [0.15, 0.2) is 6.20 Å². The van der Waals surface area contributed by atoms with Gasteiger partial charge in [-0.3, -0.25) is 4.68 Å². The van der Waals surface area contributed by atoms with Crippen LogP contribution < -0.4 is 5.32 Å². The van der Waals surface area contributed by atoms with Crippen molar-refractivity contribution in [3.8, 4) is 0 Å². The van der Waals surface area contributed by atoms with E-state index in [0.717, 1.165) is 18.7 Å². The van der Waals surface area contributed by atoms with Crippen LogP contribution in [0.5, 0.6) is 0 Å². The number of halogens is 2. The molecule has 104 valence electrons. The molecule has 0 saturated heterocycles. The second-order valence-corrected chi connectivity index (χ2v) is 4.10. The first kappa shape index (κ1) is 15.0. The number of hydrogen-bond acceptors (Lipinski definition) is 4. The molecule has 0 aliphatic carbocycles. The monoisotopic (exact) mass is 262 g/mol. The highest BCUT2D eigenvalue weighted by Gasteiger charge is 2.11. The normalized spacial score (nSPS) is 13.2. The molecule has 0 aliphatic rings. The van der Waals surface area contributed by atoms with Crippen molar-refractivity contribution >= 4 is 0 Å². The van der Waals surface area contributed by atoms with E-state index < -0.39 is 13.0 Å². The lowest BCUT2D eigenvalue weighted by atomic mass is 10.1. The van der Waals surface area contributed by atoms with Gasteiger partial charge in [0, 0.05) is 32.3 Å². The van der Waals surface area contributed by atoms with Gasteiger partial charge < -0.3 is 10.1 Å². The van der Waals surface area contributed by atoms with E-state index in [0.29, 0.717) is 13.0 Å². The van der Waals surface area contributed by atoms with Gasteiger partial charge in [-0.2, -0.15) is 0 Å². The lowest BCUT2D eigenvalue weighted by Crippen LogP contribution is -2.32. The molecule has 0 aromatic carbocycles. The second-order valence-electron chi connectivity index (χ2n) is 4.10. The second kappa shape index (κ2) is 8.10. The van der Waals surface area contributed by atoms with E-state index in [1.165, 1.54) is 0 Å². The zero-order valence-electron chi connectivity index (χ0n) is 10.8. The van der Waals surface area contributed by atoms with Gasteiger partial charge in [0.05, 0.1) is 5.69 Å². The molecule has 0 radical (unpaired) electrons. The predicted octanol–water partition coefficient (Wildman–Crippen LogP) is 1.01. The van der Waals surface area contributed by atoms with Gasteiger partial charge in [-0.1, -0.05) is 12.1 Å². The Hall–Kier alpha value is -1.08. The third kappa shape index (κ3) is 6.02. The van der Waals surface area contributed by atoms with Gasteiger partial charge >= 0.3 is 0 Å². The molecule has 0 saturated carbocycles. The maximum atomic E-state index is 11.9. The van der Waals surface area contributed by atoms with E-state index in [1.54, 1.807) is 4.68 Å². The molecule has 1 heterocycles. The standard InChI is InChI=1S/C11H20F2N4O/c1-3-14-9(4-5-18-8-11(12)13)6-10-7-17(2)16-15-10/h7,9,11,14H,3-6,8H2,1-2H3. The van der Waals surface area contributed by atoms with Gasteiger partial charge in [-0.05, 0) is 13.0 Å². The molecule has 5 nitrogen and oxygen atoms in total. The van der Waals surface area contributed by atoms with Crippen LogP contribution in [0.4, 0.5) is 8.78 Å². The molecule has 1 N–H and O–H groups in total. The van der Waals surface area contributed by atoms with Crippen molar-refractivity contribution in [2.75, 3.05) is 19.8 Å². The highest BCUT2D eigenvalue weighted by molar-refractivity contribution is 4.95. The minimum Gasteiger partial charge on any atom is -0.375 e. The van der Waals surface area contributed by atoms with Crippen LogP contribution in [0.1, 0.15) is 19.0 Å². The summed E-state index contributed by atoms with van der Waals surface area (Å²) in [6.45, 7) is 2.65. The van der Waals surface area contributed by atoms with Gasteiger partial charge in [-0.15, -0.1) is 5.10 Å². The number of aromatic nitrogens is 3.